The Morgan fingerprint density at radius 3 is 2.10 bits per heavy atom. The highest BCUT2D eigenvalue weighted by Gasteiger charge is 2.09. The highest BCUT2D eigenvalue weighted by molar-refractivity contribution is 6.17. The van der Waals surface area contributed by atoms with Gasteiger partial charge in [0.1, 0.15) is 0 Å². The molecule has 1 nitrogen and oxygen atoms in total. The molecule has 0 N–H and O–H groups in total. The number of hydrogen-bond donors (Lipinski definition) is 0. The molecular weight excluding hydrogens is 242 g/mol. The van der Waals surface area contributed by atoms with Crippen LogP contribution < -0.4 is 0 Å². The maximum atomic E-state index is 2.30. The van der Waals surface area contributed by atoms with Gasteiger partial charge in [0.25, 0.3) is 0 Å². The van der Waals surface area contributed by atoms with E-state index in [0.717, 1.165) is 0 Å². The van der Waals surface area contributed by atoms with E-state index in [1.54, 1.807) is 0 Å². The summed E-state index contributed by atoms with van der Waals surface area (Å²) in [6.07, 6.45) is 0. The van der Waals surface area contributed by atoms with Crippen molar-refractivity contribution >= 4 is 32.6 Å². The molecule has 1 heteroatoms. The minimum absolute atomic E-state index is 1.30. The summed E-state index contributed by atoms with van der Waals surface area (Å²) in [5.41, 5.74) is 2.62. The monoisotopic (exact) mass is 261 g/mol. The number of nitrogens with zero attached hydrogens (tertiary/aromatic N) is 1. The fourth-order valence-corrected chi connectivity index (χ4v) is 2.95. The molecule has 0 amide bonds. The zero-order valence-corrected chi connectivity index (χ0v) is 12.2. The maximum absolute atomic E-state index is 2.30. The van der Waals surface area contributed by atoms with Gasteiger partial charge in [0.2, 0.25) is 0 Å². The second-order valence-corrected chi connectivity index (χ2v) is 4.76. The topological polar surface area (TPSA) is 4.93 Å². The van der Waals surface area contributed by atoms with Gasteiger partial charge < -0.3 is 4.57 Å². The van der Waals surface area contributed by atoms with Gasteiger partial charge in [0, 0.05) is 28.7 Å². The Morgan fingerprint density at radius 2 is 1.30 bits per heavy atom. The lowest BCUT2D eigenvalue weighted by Crippen LogP contribution is -1.87. The van der Waals surface area contributed by atoms with Gasteiger partial charge in [-0.05, 0) is 11.5 Å². The van der Waals surface area contributed by atoms with Crippen molar-refractivity contribution in [3.8, 4) is 0 Å². The number of hydrogen-bond acceptors (Lipinski definition) is 0. The van der Waals surface area contributed by atoms with Crippen molar-refractivity contribution in [2.24, 2.45) is 7.05 Å². The van der Waals surface area contributed by atoms with Crippen LogP contribution in [-0.2, 0) is 7.05 Å². The van der Waals surface area contributed by atoms with Crippen LogP contribution in [0.15, 0.2) is 60.7 Å². The third kappa shape index (κ3) is 1.70. The summed E-state index contributed by atoms with van der Waals surface area (Å²) in [5.74, 6) is 0. The van der Waals surface area contributed by atoms with E-state index < -0.39 is 0 Å². The molecular formula is C19H19N. The summed E-state index contributed by atoms with van der Waals surface area (Å²) in [6.45, 7) is 4.00. The average molecular weight is 261 g/mol. The molecule has 0 saturated carbocycles. The maximum Gasteiger partial charge on any atom is 0.0568 e. The molecule has 0 aliphatic rings. The van der Waals surface area contributed by atoms with Gasteiger partial charge in [0.05, 0.1) is 5.52 Å². The normalized spacial score (nSPS) is 10.8. The van der Waals surface area contributed by atoms with Crippen molar-refractivity contribution in [1.29, 1.82) is 0 Å². The zero-order valence-electron chi connectivity index (χ0n) is 12.2. The minimum atomic E-state index is 1.30. The van der Waals surface area contributed by atoms with Crippen molar-refractivity contribution in [1.82, 2.24) is 4.57 Å². The largest absolute Gasteiger partial charge is 0.343 e. The fraction of sp³-hybridized carbons (Fsp3) is 0.158. The predicted octanol–water partition coefficient (Wildman–Crippen LogP) is 5.51. The molecule has 0 unspecified atom stereocenters. The SMILES string of the molecule is CC.Cn1c2ccccc2c2ccc3ccccc3c21. The van der Waals surface area contributed by atoms with E-state index in [0.29, 0.717) is 0 Å². The Labute approximate surface area is 119 Å². The molecule has 20 heavy (non-hydrogen) atoms. The lowest BCUT2D eigenvalue weighted by atomic mass is 10.1. The van der Waals surface area contributed by atoms with E-state index in [1.807, 2.05) is 13.8 Å². The minimum Gasteiger partial charge on any atom is -0.343 e. The molecule has 1 heterocycles. The Bertz CT molecular complexity index is 884. The standard InChI is InChI=1S/C17H13N.C2H6/c1-18-16-9-5-4-8-14(16)15-11-10-12-6-2-3-7-13(12)17(15)18;1-2/h2-11H,1H3;1-2H3. The van der Waals surface area contributed by atoms with Crippen LogP contribution in [0, 0.1) is 0 Å². The fourth-order valence-electron chi connectivity index (χ4n) is 2.95. The molecule has 0 radical (unpaired) electrons. The summed E-state index contributed by atoms with van der Waals surface area (Å²) in [7, 11) is 2.15. The second kappa shape index (κ2) is 5.01. The highest BCUT2D eigenvalue weighted by Crippen LogP contribution is 2.32. The van der Waals surface area contributed by atoms with Crippen molar-refractivity contribution in [2.45, 2.75) is 13.8 Å². The van der Waals surface area contributed by atoms with Gasteiger partial charge in [-0.2, -0.15) is 0 Å². The zero-order chi connectivity index (χ0) is 14.1. The lowest BCUT2D eigenvalue weighted by Gasteiger charge is -2.02. The van der Waals surface area contributed by atoms with E-state index in [9.17, 15) is 0 Å². The van der Waals surface area contributed by atoms with Gasteiger partial charge in [-0.1, -0.05) is 68.4 Å². The molecule has 0 atom stereocenters. The first-order chi connectivity index (χ1) is 9.86. The first-order valence-corrected chi connectivity index (χ1v) is 7.21. The van der Waals surface area contributed by atoms with Crippen LogP contribution >= 0.6 is 0 Å². The number of fused-ring (bicyclic) bond motifs is 5. The summed E-state index contributed by atoms with van der Waals surface area (Å²) < 4.78 is 2.30. The first-order valence-electron chi connectivity index (χ1n) is 7.21. The average Bonchev–Trinajstić information content (AvgIpc) is 2.83. The number of para-hydroxylation sites is 1. The summed E-state index contributed by atoms with van der Waals surface area (Å²) in [6, 6.07) is 21.6. The smallest absolute Gasteiger partial charge is 0.0568 e. The third-order valence-corrected chi connectivity index (χ3v) is 3.79. The Balaban J connectivity index is 0.000000581. The summed E-state index contributed by atoms with van der Waals surface area (Å²) in [4.78, 5) is 0. The predicted molar refractivity (Wildman–Crippen MR) is 89.3 cm³/mol. The van der Waals surface area contributed by atoms with Gasteiger partial charge in [-0.3, -0.25) is 0 Å². The molecule has 0 saturated heterocycles. The highest BCUT2D eigenvalue weighted by atomic mass is 14.9. The van der Waals surface area contributed by atoms with E-state index in [2.05, 4.69) is 72.3 Å². The molecule has 3 aromatic carbocycles. The van der Waals surface area contributed by atoms with Crippen molar-refractivity contribution in [3.63, 3.8) is 0 Å². The van der Waals surface area contributed by atoms with Gasteiger partial charge in [0.15, 0.2) is 0 Å². The molecule has 4 rings (SSSR count). The van der Waals surface area contributed by atoms with Crippen LogP contribution in [0.2, 0.25) is 0 Å². The number of aryl methyl sites for hydroxylation is 1. The van der Waals surface area contributed by atoms with Crippen LogP contribution in [-0.4, -0.2) is 4.57 Å². The molecule has 100 valence electrons. The summed E-state index contributed by atoms with van der Waals surface area (Å²) in [5, 5.41) is 5.30. The number of aromatic nitrogens is 1. The molecule has 0 spiro atoms. The van der Waals surface area contributed by atoms with Gasteiger partial charge in [-0.15, -0.1) is 0 Å². The van der Waals surface area contributed by atoms with E-state index in [1.165, 1.54) is 32.6 Å². The van der Waals surface area contributed by atoms with Crippen molar-refractivity contribution in [3.05, 3.63) is 60.7 Å². The molecule has 0 aliphatic heterocycles. The summed E-state index contributed by atoms with van der Waals surface area (Å²) >= 11 is 0. The van der Waals surface area contributed by atoms with E-state index >= 15 is 0 Å². The Kier molecular flexibility index (Phi) is 3.19. The van der Waals surface area contributed by atoms with Crippen LogP contribution in [0.4, 0.5) is 0 Å². The third-order valence-electron chi connectivity index (χ3n) is 3.79. The van der Waals surface area contributed by atoms with Gasteiger partial charge in [-0.25, -0.2) is 0 Å². The Morgan fingerprint density at radius 1 is 0.650 bits per heavy atom. The molecule has 1 aromatic heterocycles. The Hall–Kier alpha value is -2.28. The number of benzene rings is 3. The van der Waals surface area contributed by atoms with E-state index in [4.69, 9.17) is 0 Å². The quantitative estimate of drug-likeness (QED) is 0.393. The van der Waals surface area contributed by atoms with Crippen LogP contribution in [0.3, 0.4) is 0 Å². The first kappa shape index (κ1) is 12.7. The van der Waals surface area contributed by atoms with Crippen LogP contribution in [0.5, 0.6) is 0 Å². The number of rotatable bonds is 0. The van der Waals surface area contributed by atoms with Crippen LogP contribution in [0.25, 0.3) is 32.6 Å². The molecule has 4 aromatic rings. The van der Waals surface area contributed by atoms with Gasteiger partial charge >= 0.3 is 0 Å². The second-order valence-electron chi connectivity index (χ2n) is 4.76. The van der Waals surface area contributed by atoms with Crippen molar-refractivity contribution < 1.29 is 0 Å². The molecule has 0 fully saturated rings. The van der Waals surface area contributed by atoms with Crippen LogP contribution in [0.1, 0.15) is 13.8 Å². The lowest BCUT2D eigenvalue weighted by molar-refractivity contribution is 1.02. The van der Waals surface area contributed by atoms with E-state index in [-0.39, 0.29) is 0 Å². The van der Waals surface area contributed by atoms with Crippen molar-refractivity contribution in [2.75, 3.05) is 0 Å². The molecule has 0 aliphatic carbocycles. The molecule has 0 bridgehead atoms.